The van der Waals surface area contributed by atoms with E-state index in [1.54, 1.807) is 0 Å². The van der Waals surface area contributed by atoms with Crippen LogP contribution in [0.15, 0.2) is 17.3 Å². The Morgan fingerprint density at radius 3 is 2.55 bits per heavy atom. The summed E-state index contributed by atoms with van der Waals surface area (Å²) >= 11 is 1.92. The minimum Gasteiger partial charge on any atom is -0.300 e. The summed E-state index contributed by atoms with van der Waals surface area (Å²) in [5.74, 6) is 7.51. The first-order chi connectivity index (χ1) is 9.62. The molecule has 8 nitrogen and oxygen atoms in total. The lowest BCUT2D eigenvalue weighted by Crippen LogP contribution is -2.39. The Hall–Kier alpha value is -0.940. The maximum atomic E-state index is 12.0. The fourth-order valence-electron chi connectivity index (χ4n) is 1.78. The molecule has 1 fully saturated rings. The highest BCUT2D eigenvalue weighted by Crippen LogP contribution is 2.09. The number of hydrogen-bond acceptors (Lipinski definition) is 8. The molecule has 1 aliphatic heterocycles. The van der Waals surface area contributed by atoms with Crippen molar-refractivity contribution in [2.75, 3.05) is 43.1 Å². The lowest BCUT2D eigenvalue weighted by atomic mass is 10.5. The van der Waals surface area contributed by atoms with Crippen molar-refractivity contribution in [2.45, 2.75) is 4.90 Å². The highest BCUT2D eigenvalue weighted by Gasteiger charge is 2.16. The van der Waals surface area contributed by atoms with Gasteiger partial charge >= 0.3 is 0 Å². The van der Waals surface area contributed by atoms with Gasteiger partial charge in [0.2, 0.25) is 16.0 Å². The van der Waals surface area contributed by atoms with E-state index < -0.39 is 10.0 Å². The van der Waals surface area contributed by atoms with E-state index in [0.29, 0.717) is 13.1 Å². The standard InChI is InChI=1S/C10H18N6O2S2/c11-15-10-12-7-9(8-13-10)20(17,18)14-1-2-16-3-5-19-6-4-16/h7-8,14H,1-6,11H2,(H,12,13,15). The van der Waals surface area contributed by atoms with Crippen LogP contribution in [0.4, 0.5) is 5.95 Å². The molecule has 0 unspecified atom stereocenters. The molecule has 0 radical (unpaired) electrons. The number of hydrazine groups is 1. The molecule has 10 heteroatoms. The summed E-state index contributed by atoms with van der Waals surface area (Å²) < 4.78 is 26.6. The lowest BCUT2D eigenvalue weighted by molar-refractivity contribution is 0.307. The summed E-state index contributed by atoms with van der Waals surface area (Å²) in [6.45, 7) is 3.10. The predicted octanol–water partition coefficient (Wildman–Crippen LogP) is -0.911. The monoisotopic (exact) mass is 318 g/mol. The first-order valence-electron chi connectivity index (χ1n) is 6.20. The minimum absolute atomic E-state index is 0.0331. The number of nitrogens with zero attached hydrogens (tertiary/aromatic N) is 3. The fourth-order valence-corrected chi connectivity index (χ4v) is 3.66. The Morgan fingerprint density at radius 2 is 1.95 bits per heavy atom. The average molecular weight is 318 g/mol. The van der Waals surface area contributed by atoms with Crippen molar-refractivity contribution < 1.29 is 8.42 Å². The Labute approximate surface area is 122 Å². The van der Waals surface area contributed by atoms with Crippen LogP contribution in [0.2, 0.25) is 0 Å². The van der Waals surface area contributed by atoms with E-state index in [0.717, 1.165) is 24.6 Å². The van der Waals surface area contributed by atoms with E-state index in [2.05, 4.69) is 25.0 Å². The zero-order chi connectivity index (χ0) is 14.4. The SMILES string of the molecule is NNc1ncc(S(=O)(=O)NCCN2CCSCC2)cn1. The first-order valence-corrected chi connectivity index (χ1v) is 8.84. The van der Waals surface area contributed by atoms with Gasteiger partial charge in [0.05, 0.1) is 12.4 Å². The number of sulfonamides is 1. The third-order valence-corrected chi connectivity index (χ3v) is 5.25. The minimum atomic E-state index is -3.56. The van der Waals surface area contributed by atoms with Crippen molar-refractivity contribution in [3.63, 3.8) is 0 Å². The van der Waals surface area contributed by atoms with Crippen molar-refractivity contribution in [2.24, 2.45) is 5.84 Å². The van der Waals surface area contributed by atoms with Gasteiger partial charge in [0, 0.05) is 37.7 Å². The summed E-state index contributed by atoms with van der Waals surface area (Å²) in [6, 6.07) is 0. The number of anilines is 1. The lowest BCUT2D eigenvalue weighted by Gasteiger charge is -2.25. The van der Waals surface area contributed by atoms with Crippen LogP contribution < -0.4 is 16.0 Å². The molecule has 0 saturated carbocycles. The van der Waals surface area contributed by atoms with Crippen LogP contribution in [0.5, 0.6) is 0 Å². The highest BCUT2D eigenvalue weighted by atomic mass is 32.2. The van der Waals surface area contributed by atoms with Gasteiger partial charge in [-0.3, -0.25) is 5.43 Å². The van der Waals surface area contributed by atoms with E-state index >= 15 is 0 Å². The van der Waals surface area contributed by atoms with E-state index in [4.69, 9.17) is 5.84 Å². The van der Waals surface area contributed by atoms with Crippen molar-refractivity contribution >= 4 is 27.7 Å². The van der Waals surface area contributed by atoms with Gasteiger partial charge in [-0.2, -0.15) is 11.8 Å². The second-order valence-corrected chi connectivity index (χ2v) is 7.23. The third-order valence-electron chi connectivity index (χ3n) is 2.89. The molecule has 2 rings (SSSR count). The van der Waals surface area contributed by atoms with Gasteiger partial charge < -0.3 is 4.90 Å². The number of nitrogens with two attached hydrogens (primary N) is 1. The molecule has 4 N–H and O–H groups in total. The van der Waals surface area contributed by atoms with Gasteiger partial charge in [-0.25, -0.2) is 29.0 Å². The second kappa shape index (κ2) is 7.18. The Balaban J connectivity index is 1.86. The number of rotatable bonds is 6. The van der Waals surface area contributed by atoms with Crippen molar-refractivity contribution in [3.05, 3.63) is 12.4 Å². The molecular weight excluding hydrogens is 300 g/mol. The molecule has 1 saturated heterocycles. The molecule has 1 aliphatic rings. The second-order valence-electron chi connectivity index (χ2n) is 4.24. The Kier molecular flexibility index (Phi) is 5.54. The van der Waals surface area contributed by atoms with Crippen LogP contribution in [0.25, 0.3) is 0 Å². The van der Waals surface area contributed by atoms with Crippen LogP contribution in [0.1, 0.15) is 0 Å². The fraction of sp³-hybridized carbons (Fsp3) is 0.600. The van der Waals surface area contributed by atoms with E-state index in [9.17, 15) is 8.42 Å². The van der Waals surface area contributed by atoms with E-state index in [1.807, 2.05) is 11.8 Å². The number of aromatic nitrogens is 2. The van der Waals surface area contributed by atoms with Gasteiger partial charge in [-0.1, -0.05) is 0 Å². The molecular formula is C10H18N6O2S2. The Morgan fingerprint density at radius 1 is 1.30 bits per heavy atom. The molecule has 2 heterocycles. The van der Waals surface area contributed by atoms with Gasteiger partial charge in [-0.15, -0.1) is 0 Å². The van der Waals surface area contributed by atoms with Gasteiger partial charge in [0.1, 0.15) is 4.90 Å². The van der Waals surface area contributed by atoms with E-state index in [1.165, 1.54) is 12.4 Å². The van der Waals surface area contributed by atoms with Gasteiger partial charge in [0.25, 0.3) is 0 Å². The molecule has 112 valence electrons. The Bertz CT molecular complexity index is 515. The van der Waals surface area contributed by atoms with Crippen molar-refractivity contribution in [1.82, 2.24) is 19.6 Å². The molecule has 0 atom stereocenters. The van der Waals surface area contributed by atoms with Crippen molar-refractivity contribution in [1.29, 1.82) is 0 Å². The number of thioether (sulfide) groups is 1. The van der Waals surface area contributed by atoms with Crippen molar-refractivity contribution in [3.8, 4) is 0 Å². The van der Waals surface area contributed by atoms with Gasteiger partial charge in [-0.05, 0) is 0 Å². The largest absolute Gasteiger partial charge is 0.300 e. The van der Waals surface area contributed by atoms with Crippen LogP contribution in [-0.4, -0.2) is 61.0 Å². The number of nitrogen functional groups attached to an aromatic ring is 1. The smallest absolute Gasteiger partial charge is 0.243 e. The number of nitrogens with one attached hydrogen (secondary N) is 2. The molecule has 0 amide bonds. The zero-order valence-electron chi connectivity index (χ0n) is 10.9. The van der Waals surface area contributed by atoms with Crippen LogP contribution >= 0.6 is 11.8 Å². The molecule has 0 spiro atoms. The molecule has 1 aromatic heterocycles. The molecule has 0 aromatic carbocycles. The average Bonchev–Trinajstić information content (AvgIpc) is 2.48. The molecule has 0 aliphatic carbocycles. The third kappa shape index (κ3) is 4.28. The predicted molar refractivity (Wildman–Crippen MR) is 78.8 cm³/mol. The number of hydrogen-bond donors (Lipinski definition) is 3. The summed E-state index contributed by atoms with van der Waals surface area (Å²) in [4.78, 5) is 9.84. The highest BCUT2D eigenvalue weighted by molar-refractivity contribution is 7.99. The summed E-state index contributed by atoms with van der Waals surface area (Å²) in [5, 5.41) is 0. The normalized spacial score (nSPS) is 17.1. The molecule has 0 bridgehead atoms. The summed E-state index contributed by atoms with van der Waals surface area (Å²) in [6.07, 6.45) is 2.45. The van der Waals surface area contributed by atoms with Crippen LogP contribution in [0.3, 0.4) is 0 Å². The first kappa shape index (κ1) is 15.4. The molecule has 1 aromatic rings. The summed E-state index contributed by atoms with van der Waals surface area (Å²) in [7, 11) is -3.56. The maximum Gasteiger partial charge on any atom is 0.243 e. The molecule has 20 heavy (non-hydrogen) atoms. The topological polar surface area (TPSA) is 113 Å². The van der Waals surface area contributed by atoms with Gasteiger partial charge in [0.15, 0.2) is 0 Å². The van der Waals surface area contributed by atoms with Crippen LogP contribution in [-0.2, 0) is 10.0 Å². The van der Waals surface area contributed by atoms with E-state index in [-0.39, 0.29) is 10.8 Å². The van der Waals surface area contributed by atoms with Crippen LogP contribution in [0, 0.1) is 0 Å². The summed E-state index contributed by atoms with van der Waals surface area (Å²) in [5.41, 5.74) is 2.25. The zero-order valence-corrected chi connectivity index (χ0v) is 12.6. The maximum absolute atomic E-state index is 12.0. The quantitative estimate of drug-likeness (QED) is 0.456.